The van der Waals surface area contributed by atoms with E-state index in [-0.39, 0.29) is 11.9 Å². The molecule has 0 saturated carbocycles. The lowest BCUT2D eigenvalue weighted by molar-refractivity contribution is 0.351. The molecule has 0 amide bonds. The van der Waals surface area contributed by atoms with Crippen LogP contribution >= 0.6 is 11.3 Å². The van der Waals surface area contributed by atoms with Crippen LogP contribution in [-0.4, -0.2) is 24.2 Å². The minimum atomic E-state index is -0.370. The molecule has 0 saturated heterocycles. The fourth-order valence-electron chi connectivity index (χ4n) is 2.50. The van der Waals surface area contributed by atoms with Crippen LogP contribution in [0.5, 0.6) is 11.5 Å². The highest BCUT2D eigenvalue weighted by Gasteiger charge is 2.17. The maximum Gasteiger partial charge on any atom is 0.163 e. The van der Waals surface area contributed by atoms with Gasteiger partial charge in [0, 0.05) is 17.7 Å². The molecular formula is C18H18FN3O2S. The largest absolute Gasteiger partial charge is 0.493 e. The second-order valence-electron chi connectivity index (χ2n) is 5.36. The van der Waals surface area contributed by atoms with Gasteiger partial charge >= 0.3 is 0 Å². The van der Waals surface area contributed by atoms with Crippen LogP contribution in [0.25, 0.3) is 10.6 Å². The van der Waals surface area contributed by atoms with E-state index in [0.717, 1.165) is 10.6 Å². The van der Waals surface area contributed by atoms with Gasteiger partial charge in [-0.25, -0.2) is 14.4 Å². The van der Waals surface area contributed by atoms with Crippen LogP contribution in [0.2, 0.25) is 0 Å². The molecule has 25 heavy (non-hydrogen) atoms. The highest BCUT2D eigenvalue weighted by atomic mass is 32.1. The zero-order valence-electron chi connectivity index (χ0n) is 14.1. The van der Waals surface area contributed by atoms with E-state index in [1.807, 2.05) is 30.5 Å². The van der Waals surface area contributed by atoms with Gasteiger partial charge in [0.1, 0.15) is 18.0 Å². The Labute approximate surface area is 149 Å². The summed E-state index contributed by atoms with van der Waals surface area (Å²) in [5, 5.41) is 5.20. The maximum absolute atomic E-state index is 14.4. The van der Waals surface area contributed by atoms with Crippen LogP contribution in [0.15, 0.2) is 42.0 Å². The molecule has 5 nitrogen and oxygen atoms in total. The van der Waals surface area contributed by atoms with Gasteiger partial charge in [0.15, 0.2) is 11.5 Å². The zero-order chi connectivity index (χ0) is 17.8. The van der Waals surface area contributed by atoms with Crippen LogP contribution in [0.1, 0.15) is 18.5 Å². The number of methoxy groups -OCH3 is 2. The molecule has 1 unspecified atom stereocenters. The third-order valence-electron chi connectivity index (χ3n) is 3.77. The maximum atomic E-state index is 14.4. The average Bonchev–Trinajstić information content (AvgIpc) is 3.16. The summed E-state index contributed by atoms with van der Waals surface area (Å²) in [4.78, 5) is 9.55. The first-order chi connectivity index (χ1) is 12.1. The molecule has 0 radical (unpaired) electrons. The molecule has 130 valence electrons. The van der Waals surface area contributed by atoms with E-state index < -0.39 is 0 Å². The lowest BCUT2D eigenvalue weighted by Crippen LogP contribution is -2.10. The molecule has 0 fully saturated rings. The number of benzene rings is 1. The van der Waals surface area contributed by atoms with Gasteiger partial charge < -0.3 is 14.8 Å². The van der Waals surface area contributed by atoms with E-state index >= 15 is 0 Å². The molecule has 3 aromatic rings. The fraction of sp³-hybridized carbons (Fsp3) is 0.222. The standard InChI is InChI=1S/C18H18FN3O2S/c1-11(12-7-15(23-2)16(24-3)8-13(12)19)22-18-9-14(20-10-21-18)17-5-4-6-25-17/h4-11H,1-3H3,(H,20,21,22). The summed E-state index contributed by atoms with van der Waals surface area (Å²) in [6.45, 7) is 1.86. The number of aromatic nitrogens is 2. The second kappa shape index (κ2) is 7.48. The number of halogens is 1. The van der Waals surface area contributed by atoms with Crippen LogP contribution in [0.3, 0.4) is 0 Å². The highest BCUT2D eigenvalue weighted by Crippen LogP contribution is 2.33. The molecule has 2 aromatic heterocycles. The van der Waals surface area contributed by atoms with Gasteiger partial charge in [-0.2, -0.15) is 0 Å². The molecule has 0 bridgehead atoms. The normalized spacial score (nSPS) is 11.8. The molecule has 1 N–H and O–H groups in total. The minimum Gasteiger partial charge on any atom is -0.493 e. The van der Waals surface area contributed by atoms with Crippen molar-refractivity contribution in [3.63, 3.8) is 0 Å². The van der Waals surface area contributed by atoms with Crippen molar-refractivity contribution >= 4 is 17.2 Å². The number of anilines is 1. The first kappa shape index (κ1) is 17.2. The van der Waals surface area contributed by atoms with Crippen LogP contribution in [0, 0.1) is 5.82 Å². The second-order valence-corrected chi connectivity index (χ2v) is 6.31. The van der Waals surface area contributed by atoms with Crippen molar-refractivity contribution in [1.82, 2.24) is 9.97 Å². The van der Waals surface area contributed by atoms with Gasteiger partial charge in [-0.15, -0.1) is 11.3 Å². The number of rotatable bonds is 6. The van der Waals surface area contributed by atoms with Crippen molar-refractivity contribution in [3.05, 3.63) is 53.4 Å². The van der Waals surface area contributed by atoms with Crippen molar-refractivity contribution < 1.29 is 13.9 Å². The Kier molecular flexibility index (Phi) is 5.14. The Hall–Kier alpha value is -2.67. The zero-order valence-corrected chi connectivity index (χ0v) is 14.9. The molecule has 0 aliphatic rings. The number of nitrogens with one attached hydrogen (secondary N) is 1. The molecule has 1 aromatic carbocycles. The molecule has 0 aliphatic heterocycles. The van der Waals surface area contributed by atoms with Gasteiger partial charge in [0.25, 0.3) is 0 Å². The van der Waals surface area contributed by atoms with E-state index in [4.69, 9.17) is 9.47 Å². The summed E-state index contributed by atoms with van der Waals surface area (Å²) in [5.41, 5.74) is 1.29. The Bertz CT molecular complexity index is 856. The molecule has 7 heteroatoms. The van der Waals surface area contributed by atoms with Crippen molar-refractivity contribution in [3.8, 4) is 22.1 Å². The summed E-state index contributed by atoms with van der Waals surface area (Å²) in [7, 11) is 3.00. The van der Waals surface area contributed by atoms with E-state index in [1.54, 1.807) is 17.4 Å². The number of thiophene rings is 1. The van der Waals surface area contributed by atoms with Crippen molar-refractivity contribution in [2.45, 2.75) is 13.0 Å². The predicted molar refractivity (Wildman–Crippen MR) is 96.9 cm³/mol. The van der Waals surface area contributed by atoms with Gasteiger partial charge in [-0.05, 0) is 24.4 Å². The molecular weight excluding hydrogens is 341 g/mol. The summed E-state index contributed by atoms with van der Waals surface area (Å²) in [6, 6.07) is 8.45. The van der Waals surface area contributed by atoms with Crippen molar-refractivity contribution in [1.29, 1.82) is 0 Å². The number of hydrogen-bond acceptors (Lipinski definition) is 6. The predicted octanol–water partition coefficient (Wildman–Crippen LogP) is 4.53. The number of ether oxygens (including phenoxy) is 2. The molecule has 0 aliphatic carbocycles. The highest BCUT2D eigenvalue weighted by molar-refractivity contribution is 7.13. The summed E-state index contributed by atoms with van der Waals surface area (Å²) in [5.74, 6) is 1.10. The van der Waals surface area contributed by atoms with Gasteiger partial charge in [-0.1, -0.05) is 6.07 Å². The third kappa shape index (κ3) is 3.71. The molecule has 2 heterocycles. The average molecular weight is 359 g/mol. The Morgan fingerprint density at radius 1 is 1.12 bits per heavy atom. The summed E-state index contributed by atoms with van der Waals surface area (Å²) >= 11 is 1.60. The van der Waals surface area contributed by atoms with Gasteiger partial charge in [-0.3, -0.25) is 0 Å². The first-order valence-corrected chi connectivity index (χ1v) is 8.54. The minimum absolute atomic E-state index is 0.314. The van der Waals surface area contributed by atoms with Gasteiger partial charge in [0.05, 0.1) is 30.8 Å². The van der Waals surface area contributed by atoms with E-state index in [2.05, 4.69) is 15.3 Å². The Morgan fingerprint density at radius 3 is 2.56 bits per heavy atom. The first-order valence-electron chi connectivity index (χ1n) is 7.66. The van der Waals surface area contributed by atoms with E-state index in [9.17, 15) is 4.39 Å². The number of hydrogen-bond donors (Lipinski definition) is 1. The van der Waals surface area contributed by atoms with E-state index in [0.29, 0.717) is 22.9 Å². The molecule has 3 rings (SSSR count). The van der Waals surface area contributed by atoms with Crippen molar-refractivity contribution in [2.24, 2.45) is 0 Å². The lowest BCUT2D eigenvalue weighted by atomic mass is 10.1. The van der Waals surface area contributed by atoms with Crippen LogP contribution < -0.4 is 14.8 Å². The summed E-state index contributed by atoms with van der Waals surface area (Å²) in [6.07, 6.45) is 1.50. The van der Waals surface area contributed by atoms with Crippen LogP contribution in [0.4, 0.5) is 10.2 Å². The van der Waals surface area contributed by atoms with Crippen molar-refractivity contribution in [2.75, 3.05) is 19.5 Å². The quantitative estimate of drug-likeness (QED) is 0.700. The summed E-state index contributed by atoms with van der Waals surface area (Å²) < 4.78 is 24.8. The smallest absolute Gasteiger partial charge is 0.163 e. The third-order valence-corrected chi connectivity index (χ3v) is 4.67. The lowest BCUT2D eigenvalue weighted by Gasteiger charge is -2.18. The molecule has 0 spiro atoms. The SMILES string of the molecule is COc1cc(F)c(C(C)Nc2cc(-c3cccs3)ncn2)cc1OC. The topological polar surface area (TPSA) is 56.3 Å². The fourth-order valence-corrected chi connectivity index (χ4v) is 3.19. The van der Waals surface area contributed by atoms with E-state index in [1.165, 1.54) is 26.6 Å². The Morgan fingerprint density at radius 2 is 1.88 bits per heavy atom. The van der Waals surface area contributed by atoms with Gasteiger partial charge in [0.2, 0.25) is 0 Å². The monoisotopic (exact) mass is 359 g/mol. The Balaban J connectivity index is 1.85. The number of nitrogens with zero attached hydrogens (tertiary/aromatic N) is 2. The molecule has 1 atom stereocenters. The van der Waals surface area contributed by atoms with Crippen LogP contribution in [-0.2, 0) is 0 Å².